The van der Waals surface area contributed by atoms with Crippen LogP contribution in [0.25, 0.3) is 11.1 Å². The number of imidazole rings is 1. The highest BCUT2D eigenvalue weighted by atomic mass is 16.2. The van der Waals surface area contributed by atoms with E-state index in [2.05, 4.69) is 46.4 Å². The van der Waals surface area contributed by atoms with Crippen molar-refractivity contribution in [2.75, 3.05) is 13.1 Å². The maximum atomic E-state index is 12.8. The third-order valence-electron chi connectivity index (χ3n) is 5.54. The van der Waals surface area contributed by atoms with Gasteiger partial charge in [0.25, 0.3) is 0 Å². The highest BCUT2D eigenvalue weighted by molar-refractivity contribution is 5.80. The van der Waals surface area contributed by atoms with E-state index in [0.29, 0.717) is 5.92 Å². The number of likely N-dealkylation sites (tertiary alicyclic amines) is 1. The average molecular weight is 363 g/mol. The Hall–Kier alpha value is -2.89. The number of aromatic amines is 1. The molecular weight excluding hydrogens is 338 g/mol. The standard InChI is InChI=1S/C21H25N5O/c1-15-4-3-5-18(12-15)19-13-23-24-20(19)17-6-9-25(10-7-17)21(27)16(2)26-11-8-22-14-26/h3-5,8,11-14,16-17H,6-7,9-10H2,1-2H3,(H,23,24)/t16-/m0/s1. The molecule has 3 heterocycles. The zero-order valence-electron chi connectivity index (χ0n) is 15.8. The van der Waals surface area contributed by atoms with Gasteiger partial charge in [0.05, 0.1) is 12.5 Å². The second-order valence-electron chi connectivity index (χ2n) is 7.35. The molecule has 27 heavy (non-hydrogen) atoms. The fraction of sp³-hybridized carbons (Fsp3) is 0.381. The van der Waals surface area contributed by atoms with Gasteiger partial charge in [-0.1, -0.05) is 29.8 Å². The van der Waals surface area contributed by atoms with Crippen LogP contribution in [0.15, 0.2) is 49.2 Å². The first-order chi connectivity index (χ1) is 13.1. The Morgan fingerprint density at radius 3 is 2.81 bits per heavy atom. The Kier molecular flexibility index (Phi) is 4.79. The topological polar surface area (TPSA) is 66.8 Å². The number of hydrogen-bond donors (Lipinski definition) is 1. The second-order valence-corrected chi connectivity index (χ2v) is 7.35. The summed E-state index contributed by atoms with van der Waals surface area (Å²) in [5.41, 5.74) is 4.81. The third-order valence-corrected chi connectivity index (χ3v) is 5.54. The molecule has 1 aliphatic rings. The zero-order valence-corrected chi connectivity index (χ0v) is 15.8. The van der Waals surface area contributed by atoms with Gasteiger partial charge in [-0.25, -0.2) is 4.98 Å². The minimum absolute atomic E-state index is 0.162. The molecule has 6 heteroatoms. The van der Waals surface area contributed by atoms with Crippen LogP contribution >= 0.6 is 0 Å². The molecular formula is C21H25N5O. The van der Waals surface area contributed by atoms with E-state index in [4.69, 9.17) is 0 Å². The maximum Gasteiger partial charge on any atom is 0.245 e. The molecule has 0 spiro atoms. The second kappa shape index (κ2) is 7.39. The number of carbonyl (C=O) groups excluding carboxylic acids is 1. The summed E-state index contributed by atoms with van der Waals surface area (Å²) < 4.78 is 1.86. The average Bonchev–Trinajstić information content (AvgIpc) is 3.39. The molecule has 6 nitrogen and oxygen atoms in total. The molecule has 1 amide bonds. The molecule has 3 aromatic rings. The summed E-state index contributed by atoms with van der Waals surface area (Å²) in [6.07, 6.45) is 9.07. The highest BCUT2D eigenvalue weighted by Crippen LogP contribution is 2.34. The SMILES string of the molecule is Cc1cccc(-c2cn[nH]c2C2CCN(C(=O)[C@H](C)n3ccnc3)CC2)c1. The third kappa shape index (κ3) is 3.52. The van der Waals surface area contributed by atoms with Crippen LogP contribution < -0.4 is 0 Å². The van der Waals surface area contributed by atoms with Crippen molar-refractivity contribution < 1.29 is 4.79 Å². The number of benzene rings is 1. The lowest BCUT2D eigenvalue weighted by atomic mass is 9.89. The van der Waals surface area contributed by atoms with Gasteiger partial charge < -0.3 is 9.47 Å². The number of aryl methyl sites for hydroxylation is 1. The summed E-state index contributed by atoms with van der Waals surface area (Å²) in [4.78, 5) is 18.8. The van der Waals surface area contributed by atoms with Crippen LogP contribution in [0, 0.1) is 6.92 Å². The summed E-state index contributed by atoms with van der Waals surface area (Å²) in [7, 11) is 0. The zero-order chi connectivity index (χ0) is 18.8. The van der Waals surface area contributed by atoms with Gasteiger partial charge in [-0.15, -0.1) is 0 Å². The van der Waals surface area contributed by atoms with Gasteiger partial charge in [-0.3, -0.25) is 9.89 Å². The van der Waals surface area contributed by atoms with E-state index in [1.807, 2.05) is 28.8 Å². The van der Waals surface area contributed by atoms with Crippen LogP contribution in [0.3, 0.4) is 0 Å². The molecule has 140 valence electrons. The lowest BCUT2D eigenvalue weighted by Crippen LogP contribution is -2.41. The number of nitrogens with one attached hydrogen (secondary N) is 1. The molecule has 0 saturated carbocycles. The molecule has 4 rings (SSSR count). The Bertz CT molecular complexity index is 906. The maximum absolute atomic E-state index is 12.8. The molecule has 1 N–H and O–H groups in total. The van der Waals surface area contributed by atoms with Crippen LogP contribution in [-0.2, 0) is 4.79 Å². The molecule has 1 saturated heterocycles. The lowest BCUT2D eigenvalue weighted by molar-refractivity contribution is -0.135. The predicted octanol–water partition coefficient (Wildman–Crippen LogP) is 3.55. The van der Waals surface area contributed by atoms with Crippen molar-refractivity contribution in [3.05, 3.63) is 60.4 Å². The summed E-state index contributed by atoms with van der Waals surface area (Å²) in [5, 5.41) is 7.52. The van der Waals surface area contributed by atoms with Crippen molar-refractivity contribution in [2.45, 2.75) is 38.6 Å². The van der Waals surface area contributed by atoms with Gasteiger partial charge in [0.15, 0.2) is 0 Å². The molecule has 0 aliphatic carbocycles. The van der Waals surface area contributed by atoms with Gasteiger partial charge in [-0.05, 0) is 32.3 Å². The van der Waals surface area contributed by atoms with Gasteiger partial charge in [0.2, 0.25) is 5.91 Å². The van der Waals surface area contributed by atoms with Crippen molar-refractivity contribution in [3.8, 4) is 11.1 Å². The lowest BCUT2D eigenvalue weighted by Gasteiger charge is -2.33. The van der Waals surface area contributed by atoms with E-state index in [9.17, 15) is 4.79 Å². The van der Waals surface area contributed by atoms with Crippen LogP contribution in [-0.4, -0.2) is 43.6 Å². The van der Waals surface area contributed by atoms with Crippen LogP contribution in [0.1, 0.15) is 43.0 Å². The molecule has 1 fully saturated rings. The first-order valence-corrected chi connectivity index (χ1v) is 9.50. The quantitative estimate of drug-likeness (QED) is 0.771. The predicted molar refractivity (Wildman–Crippen MR) is 104 cm³/mol. The molecule has 1 atom stereocenters. The number of piperidine rings is 1. The number of nitrogens with zero attached hydrogens (tertiary/aromatic N) is 4. The van der Waals surface area contributed by atoms with E-state index in [1.165, 1.54) is 22.4 Å². The van der Waals surface area contributed by atoms with Crippen LogP contribution in [0.4, 0.5) is 0 Å². The first-order valence-electron chi connectivity index (χ1n) is 9.50. The van der Waals surface area contributed by atoms with E-state index >= 15 is 0 Å². The first kappa shape index (κ1) is 17.5. The van der Waals surface area contributed by atoms with E-state index < -0.39 is 0 Å². The smallest absolute Gasteiger partial charge is 0.245 e. The van der Waals surface area contributed by atoms with Gasteiger partial charge >= 0.3 is 0 Å². The monoisotopic (exact) mass is 363 g/mol. The number of H-pyrrole nitrogens is 1. The van der Waals surface area contributed by atoms with Crippen molar-refractivity contribution in [1.29, 1.82) is 0 Å². The molecule has 1 aromatic carbocycles. The highest BCUT2D eigenvalue weighted by Gasteiger charge is 2.29. The summed E-state index contributed by atoms with van der Waals surface area (Å²) >= 11 is 0. The molecule has 0 unspecified atom stereocenters. The van der Waals surface area contributed by atoms with E-state index in [1.54, 1.807) is 12.5 Å². The molecule has 1 aliphatic heterocycles. The van der Waals surface area contributed by atoms with Gasteiger partial charge in [-0.2, -0.15) is 5.10 Å². The number of hydrogen-bond acceptors (Lipinski definition) is 3. The number of carbonyl (C=O) groups is 1. The van der Waals surface area contributed by atoms with Crippen molar-refractivity contribution in [2.24, 2.45) is 0 Å². The minimum Gasteiger partial charge on any atom is -0.341 e. The number of amides is 1. The minimum atomic E-state index is -0.209. The fourth-order valence-electron chi connectivity index (χ4n) is 3.93. The van der Waals surface area contributed by atoms with Crippen molar-refractivity contribution in [3.63, 3.8) is 0 Å². The summed E-state index contributed by atoms with van der Waals surface area (Å²) in [6.45, 7) is 5.58. The fourth-order valence-corrected chi connectivity index (χ4v) is 3.93. The van der Waals surface area contributed by atoms with Gasteiger partial charge in [0, 0.05) is 42.7 Å². The summed E-state index contributed by atoms with van der Waals surface area (Å²) in [6, 6.07) is 8.31. The summed E-state index contributed by atoms with van der Waals surface area (Å²) in [5.74, 6) is 0.561. The van der Waals surface area contributed by atoms with Crippen molar-refractivity contribution >= 4 is 5.91 Å². The Morgan fingerprint density at radius 1 is 1.30 bits per heavy atom. The Morgan fingerprint density at radius 2 is 2.11 bits per heavy atom. The number of aromatic nitrogens is 4. The Labute approximate surface area is 159 Å². The van der Waals surface area contributed by atoms with Crippen LogP contribution in [0.5, 0.6) is 0 Å². The van der Waals surface area contributed by atoms with Crippen molar-refractivity contribution in [1.82, 2.24) is 24.6 Å². The normalized spacial score (nSPS) is 16.4. The van der Waals surface area contributed by atoms with Gasteiger partial charge in [0.1, 0.15) is 6.04 Å². The molecule has 0 radical (unpaired) electrons. The van der Waals surface area contributed by atoms with Crippen LogP contribution in [0.2, 0.25) is 0 Å². The number of rotatable bonds is 4. The molecule has 2 aromatic heterocycles. The Balaban J connectivity index is 1.45. The van der Waals surface area contributed by atoms with E-state index in [-0.39, 0.29) is 11.9 Å². The molecule has 0 bridgehead atoms. The largest absolute Gasteiger partial charge is 0.341 e. The van der Waals surface area contributed by atoms with E-state index in [0.717, 1.165) is 25.9 Å².